The molecule has 0 spiro atoms. The van der Waals surface area contributed by atoms with E-state index in [1.54, 1.807) is 29.1 Å². The van der Waals surface area contributed by atoms with Gasteiger partial charge in [-0.2, -0.15) is 0 Å². The molecule has 0 amide bonds. The Balaban J connectivity index is 2.25. The first-order valence-electron chi connectivity index (χ1n) is 7.23. The lowest BCUT2D eigenvalue weighted by atomic mass is 9.96. The molecule has 3 heterocycles. The monoisotopic (exact) mass is 296 g/mol. The van der Waals surface area contributed by atoms with Crippen LogP contribution < -0.4 is 5.56 Å². The van der Waals surface area contributed by atoms with E-state index in [0.29, 0.717) is 24.5 Å². The summed E-state index contributed by atoms with van der Waals surface area (Å²) in [5, 5.41) is 3.94. The maximum absolute atomic E-state index is 12.5. The number of azide groups is 1. The van der Waals surface area contributed by atoms with Crippen LogP contribution in [-0.4, -0.2) is 14.5 Å². The Labute approximate surface area is 127 Å². The van der Waals surface area contributed by atoms with E-state index in [1.165, 1.54) is 6.07 Å². The fraction of sp³-hybridized carbons (Fsp3) is 0.400. The molecule has 0 saturated heterocycles. The summed E-state index contributed by atoms with van der Waals surface area (Å²) in [7, 11) is 0. The Morgan fingerprint density at radius 3 is 2.86 bits per heavy atom. The van der Waals surface area contributed by atoms with Crippen molar-refractivity contribution >= 4 is 0 Å². The minimum Gasteiger partial charge on any atom is -0.296 e. The average molecular weight is 296 g/mol. The smallest absolute Gasteiger partial charge is 0.254 e. The summed E-state index contributed by atoms with van der Waals surface area (Å²) in [6.07, 6.45) is 5.77. The molecule has 22 heavy (non-hydrogen) atoms. The summed E-state index contributed by atoms with van der Waals surface area (Å²) in [4.78, 5) is 24.1. The van der Waals surface area contributed by atoms with Crippen molar-refractivity contribution in [1.29, 1.82) is 0 Å². The van der Waals surface area contributed by atoms with E-state index in [1.807, 2.05) is 6.92 Å². The molecule has 0 radical (unpaired) electrons. The second-order valence-electron chi connectivity index (χ2n) is 5.61. The first-order chi connectivity index (χ1) is 10.6. The van der Waals surface area contributed by atoms with Crippen LogP contribution >= 0.6 is 0 Å². The van der Waals surface area contributed by atoms with Crippen LogP contribution in [0.4, 0.5) is 0 Å². The number of rotatable bonds is 2. The van der Waals surface area contributed by atoms with Crippen LogP contribution in [0.1, 0.15) is 32.0 Å². The molecule has 1 aliphatic heterocycles. The van der Waals surface area contributed by atoms with E-state index in [9.17, 15) is 4.79 Å². The molecule has 2 aromatic heterocycles. The van der Waals surface area contributed by atoms with Gasteiger partial charge in [-0.25, -0.2) is 4.98 Å². The standard InChI is InChI=1S/C15H16N6O/c1-15(19-20-16)6-2-3-9-21-13(22)10-12(18-14(15)21)11-4-7-17-8-5-11/h4-5,7-8,10H,2-3,6,9H2,1H3. The molecule has 1 unspecified atom stereocenters. The van der Waals surface area contributed by atoms with Gasteiger partial charge in [-0.3, -0.25) is 14.3 Å². The highest BCUT2D eigenvalue weighted by Gasteiger charge is 2.32. The molecule has 3 rings (SSSR count). The highest BCUT2D eigenvalue weighted by molar-refractivity contribution is 5.57. The summed E-state index contributed by atoms with van der Waals surface area (Å²) in [5.74, 6) is 0.544. The Morgan fingerprint density at radius 1 is 1.36 bits per heavy atom. The van der Waals surface area contributed by atoms with E-state index in [2.05, 4.69) is 20.0 Å². The number of nitrogens with zero attached hydrogens (tertiary/aromatic N) is 6. The first-order valence-corrected chi connectivity index (χ1v) is 7.23. The second kappa shape index (κ2) is 5.61. The van der Waals surface area contributed by atoms with Gasteiger partial charge in [0.05, 0.1) is 5.69 Å². The zero-order valence-electron chi connectivity index (χ0n) is 12.3. The lowest BCUT2D eigenvalue weighted by molar-refractivity contribution is 0.415. The van der Waals surface area contributed by atoms with E-state index in [0.717, 1.165) is 18.4 Å². The first kappa shape index (κ1) is 14.3. The topological polar surface area (TPSA) is 96.5 Å². The molecule has 1 atom stereocenters. The maximum atomic E-state index is 12.5. The molecular formula is C15H16N6O. The van der Waals surface area contributed by atoms with Gasteiger partial charge in [0, 0.05) is 35.5 Å². The number of hydrogen-bond donors (Lipinski definition) is 0. The van der Waals surface area contributed by atoms with E-state index >= 15 is 0 Å². The lowest BCUT2D eigenvalue weighted by Crippen LogP contribution is -2.31. The maximum Gasteiger partial charge on any atom is 0.254 e. The number of pyridine rings is 1. The molecule has 0 aliphatic carbocycles. The van der Waals surface area contributed by atoms with Crippen molar-refractivity contribution < 1.29 is 0 Å². The van der Waals surface area contributed by atoms with E-state index in [-0.39, 0.29) is 5.56 Å². The molecule has 0 saturated carbocycles. The molecule has 0 fully saturated rings. The molecule has 2 aromatic rings. The van der Waals surface area contributed by atoms with Gasteiger partial charge in [0.2, 0.25) is 0 Å². The lowest BCUT2D eigenvalue weighted by Gasteiger charge is -2.24. The molecule has 7 heteroatoms. The van der Waals surface area contributed by atoms with Crippen molar-refractivity contribution in [3.05, 3.63) is 57.2 Å². The summed E-state index contributed by atoms with van der Waals surface area (Å²) < 4.78 is 1.63. The van der Waals surface area contributed by atoms with Gasteiger partial charge in [-0.1, -0.05) is 11.5 Å². The summed E-state index contributed by atoms with van der Waals surface area (Å²) in [6.45, 7) is 2.45. The van der Waals surface area contributed by atoms with Crippen LogP contribution in [0, 0.1) is 0 Å². The molecule has 0 N–H and O–H groups in total. The molecule has 112 valence electrons. The SMILES string of the molecule is CC1(N=[N+]=[N-])CCCCn2c1nc(-c1ccncc1)cc2=O. The van der Waals surface area contributed by atoms with Crippen LogP contribution in [0.3, 0.4) is 0 Å². The van der Waals surface area contributed by atoms with Crippen molar-refractivity contribution in [1.82, 2.24) is 14.5 Å². The minimum absolute atomic E-state index is 0.113. The predicted molar refractivity (Wildman–Crippen MR) is 82.1 cm³/mol. The average Bonchev–Trinajstić information content (AvgIpc) is 2.69. The Kier molecular flexibility index (Phi) is 3.65. The van der Waals surface area contributed by atoms with Crippen molar-refractivity contribution in [2.45, 2.75) is 38.3 Å². The van der Waals surface area contributed by atoms with Crippen molar-refractivity contribution in [2.24, 2.45) is 5.11 Å². The van der Waals surface area contributed by atoms with Crippen LogP contribution in [0.2, 0.25) is 0 Å². The zero-order valence-corrected chi connectivity index (χ0v) is 12.3. The Hall–Kier alpha value is -2.66. The van der Waals surface area contributed by atoms with Crippen molar-refractivity contribution in [3.63, 3.8) is 0 Å². The highest BCUT2D eigenvalue weighted by atomic mass is 16.1. The molecule has 1 aliphatic rings. The fourth-order valence-corrected chi connectivity index (χ4v) is 2.85. The van der Waals surface area contributed by atoms with Crippen molar-refractivity contribution in [2.75, 3.05) is 0 Å². The number of aromatic nitrogens is 3. The summed E-state index contributed by atoms with van der Waals surface area (Å²) >= 11 is 0. The third-order valence-corrected chi connectivity index (χ3v) is 4.03. The predicted octanol–water partition coefficient (Wildman–Crippen LogP) is 3.01. The van der Waals surface area contributed by atoms with Crippen LogP contribution in [-0.2, 0) is 12.1 Å². The van der Waals surface area contributed by atoms with Gasteiger partial charge >= 0.3 is 0 Å². The second-order valence-corrected chi connectivity index (χ2v) is 5.61. The number of fused-ring (bicyclic) bond motifs is 1. The summed E-state index contributed by atoms with van der Waals surface area (Å²) in [6, 6.07) is 5.14. The fourth-order valence-electron chi connectivity index (χ4n) is 2.85. The van der Waals surface area contributed by atoms with Gasteiger partial charge < -0.3 is 0 Å². The highest BCUT2D eigenvalue weighted by Crippen LogP contribution is 2.33. The normalized spacial score (nSPS) is 20.6. The molecule has 0 aromatic carbocycles. The third-order valence-electron chi connectivity index (χ3n) is 4.03. The quantitative estimate of drug-likeness (QED) is 0.484. The largest absolute Gasteiger partial charge is 0.296 e. The third kappa shape index (κ3) is 2.46. The van der Waals surface area contributed by atoms with Gasteiger partial charge in [0.15, 0.2) is 0 Å². The van der Waals surface area contributed by atoms with Crippen molar-refractivity contribution in [3.8, 4) is 11.3 Å². The molecule has 0 bridgehead atoms. The van der Waals surface area contributed by atoms with Gasteiger partial charge in [-0.15, -0.1) is 0 Å². The Morgan fingerprint density at radius 2 is 2.14 bits per heavy atom. The van der Waals surface area contributed by atoms with E-state index in [4.69, 9.17) is 5.53 Å². The van der Waals surface area contributed by atoms with Crippen LogP contribution in [0.5, 0.6) is 0 Å². The summed E-state index contributed by atoms with van der Waals surface area (Å²) in [5.41, 5.74) is 9.39. The molecular weight excluding hydrogens is 280 g/mol. The van der Waals surface area contributed by atoms with Gasteiger partial charge in [0.25, 0.3) is 5.56 Å². The molecule has 7 nitrogen and oxygen atoms in total. The minimum atomic E-state index is -0.798. The van der Waals surface area contributed by atoms with E-state index < -0.39 is 5.54 Å². The Bertz CT molecular complexity index is 793. The van der Waals surface area contributed by atoms with Gasteiger partial charge in [0.1, 0.15) is 11.4 Å². The number of hydrogen-bond acceptors (Lipinski definition) is 4. The van der Waals surface area contributed by atoms with Gasteiger partial charge in [-0.05, 0) is 37.4 Å². The van der Waals surface area contributed by atoms with Crippen LogP contribution in [0.15, 0.2) is 40.5 Å². The zero-order chi connectivity index (χ0) is 15.6. The van der Waals surface area contributed by atoms with Crippen LogP contribution in [0.25, 0.3) is 21.7 Å².